The van der Waals surface area contributed by atoms with E-state index in [1.165, 1.54) is 6.42 Å². The Morgan fingerprint density at radius 1 is 1.54 bits per heavy atom. The van der Waals surface area contributed by atoms with Gasteiger partial charge in [0.15, 0.2) is 0 Å². The predicted molar refractivity (Wildman–Crippen MR) is 47.9 cm³/mol. The van der Waals surface area contributed by atoms with Crippen LogP contribution in [0.25, 0.3) is 0 Å². The average Bonchev–Trinajstić information content (AvgIpc) is 2.58. The van der Waals surface area contributed by atoms with Gasteiger partial charge in [0.2, 0.25) is 6.43 Å². The monoisotopic (exact) mass is 189 g/mol. The van der Waals surface area contributed by atoms with Gasteiger partial charge in [-0.1, -0.05) is 6.92 Å². The third-order valence-electron chi connectivity index (χ3n) is 3.85. The number of rotatable bonds is 2. The predicted octanol–water partition coefficient (Wildman–Crippen LogP) is 2.52. The first-order valence-electron chi connectivity index (χ1n) is 5.21. The van der Waals surface area contributed by atoms with Crippen LogP contribution >= 0.6 is 0 Å². The van der Waals surface area contributed by atoms with Crippen LogP contribution in [0.2, 0.25) is 0 Å². The second-order valence-corrected chi connectivity index (χ2v) is 4.43. The van der Waals surface area contributed by atoms with Crippen molar-refractivity contribution in [3.8, 4) is 0 Å². The lowest BCUT2D eigenvalue weighted by atomic mass is 9.88. The van der Waals surface area contributed by atoms with Crippen LogP contribution in [0.3, 0.4) is 0 Å². The number of alkyl halides is 2. The van der Waals surface area contributed by atoms with E-state index in [1.54, 1.807) is 0 Å². The number of hydrogen-bond acceptors (Lipinski definition) is 1. The van der Waals surface area contributed by atoms with Gasteiger partial charge in [-0.3, -0.25) is 4.90 Å². The van der Waals surface area contributed by atoms with Crippen molar-refractivity contribution in [1.82, 2.24) is 4.90 Å². The van der Waals surface area contributed by atoms with E-state index in [1.807, 2.05) is 0 Å². The summed E-state index contributed by atoms with van der Waals surface area (Å²) in [7, 11) is 0. The summed E-state index contributed by atoms with van der Waals surface area (Å²) in [5.74, 6) is -0.361. The Morgan fingerprint density at radius 3 is 2.85 bits per heavy atom. The number of halogens is 2. The molecule has 1 nitrogen and oxygen atoms in total. The van der Waals surface area contributed by atoms with E-state index in [-0.39, 0.29) is 11.5 Å². The largest absolute Gasteiger partial charge is 0.297 e. The molecule has 0 aromatic rings. The molecule has 2 atom stereocenters. The van der Waals surface area contributed by atoms with Crippen molar-refractivity contribution in [2.45, 2.75) is 44.6 Å². The fraction of sp³-hybridized carbons (Fsp3) is 1.00. The van der Waals surface area contributed by atoms with Crippen molar-refractivity contribution in [1.29, 1.82) is 0 Å². The molecule has 0 aliphatic carbocycles. The molecule has 0 bridgehead atoms. The van der Waals surface area contributed by atoms with Crippen molar-refractivity contribution in [3.05, 3.63) is 0 Å². The highest BCUT2D eigenvalue weighted by molar-refractivity contribution is 5.02. The van der Waals surface area contributed by atoms with Crippen LogP contribution in [-0.4, -0.2) is 30.0 Å². The van der Waals surface area contributed by atoms with Gasteiger partial charge in [-0.2, -0.15) is 0 Å². The lowest BCUT2D eigenvalue weighted by Gasteiger charge is -2.30. The van der Waals surface area contributed by atoms with E-state index < -0.39 is 6.43 Å². The molecule has 0 unspecified atom stereocenters. The van der Waals surface area contributed by atoms with Gasteiger partial charge in [0.05, 0.1) is 0 Å². The summed E-state index contributed by atoms with van der Waals surface area (Å²) in [5.41, 5.74) is 0.154. The highest BCUT2D eigenvalue weighted by Gasteiger charge is 2.49. The minimum atomic E-state index is -2.12. The fourth-order valence-electron chi connectivity index (χ4n) is 3.06. The van der Waals surface area contributed by atoms with Gasteiger partial charge >= 0.3 is 0 Å². The standard InChI is InChI=1S/C10H17F2N/c1-2-10-4-3-5-13(10)7-8(6-10)9(11)12/h8-9H,2-7H2,1H3/t8-,10+/m0/s1. The first kappa shape index (κ1) is 9.38. The maximum Gasteiger partial charge on any atom is 0.242 e. The molecule has 0 spiro atoms. The van der Waals surface area contributed by atoms with Crippen LogP contribution in [0.5, 0.6) is 0 Å². The summed E-state index contributed by atoms with van der Waals surface area (Å²) in [6, 6.07) is 0. The van der Waals surface area contributed by atoms with E-state index in [0.29, 0.717) is 6.54 Å². The maximum absolute atomic E-state index is 12.5. The summed E-state index contributed by atoms with van der Waals surface area (Å²) in [6.07, 6.45) is 1.97. The van der Waals surface area contributed by atoms with Crippen LogP contribution in [0, 0.1) is 5.92 Å². The molecule has 0 radical (unpaired) electrons. The SMILES string of the molecule is CC[C@]12CCCN1C[C@@H](C(F)F)C2. The minimum absolute atomic E-state index is 0.154. The molecule has 2 heterocycles. The molecule has 0 aromatic carbocycles. The van der Waals surface area contributed by atoms with Crippen molar-refractivity contribution < 1.29 is 8.78 Å². The zero-order valence-electron chi connectivity index (χ0n) is 8.10. The molecule has 0 aromatic heterocycles. The molecule has 0 saturated carbocycles. The lowest BCUT2D eigenvalue weighted by molar-refractivity contribution is 0.0799. The lowest BCUT2D eigenvalue weighted by Crippen LogP contribution is -2.37. The van der Waals surface area contributed by atoms with Gasteiger partial charge in [-0.25, -0.2) is 8.78 Å². The molecule has 2 aliphatic rings. The Balaban J connectivity index is 2.09. The van der Waals surface area contributed by atoms with E-state index >= 15 is 0 Å². The molecule has 2 aliphatic heterocycles. The van der Waals surface area contributed by atoms with Gasteiger partial charge in [-0.15, -0.1) is 0 Å². The minimum Gasteiger partial charge on any atom is -0.297 e. The fourth-order valence-corrected chi connectivity index (χ4v) is 3.06. The van der Waals surface area contributed by atoms with Crippen LogP contribution in [-0.2, 0) is 0 Å². The Labute approximate surface area is 78.1 Å². The first-order valence-corrected chi connectivity index (χ1v) is 5.21. The van der Waals surface area contributed by atoms with E-state index in [9.17, 15) is 8.78 Å². The molecule has 3 heteroatoms. The van der Waals surface area contributed by atoms with Crippen molar-refractivity contribution in [2.75, 3.05) is 13.1 Å². The number of fused-ring (bicyclic) bond motifs is 1. The molecular formula is C10H17F2N. The number of hydrogen-bond donors (Lipinski definition) is 0. The van der Waals surface area contributed by atoms with Crippen molar-refractivity contribution >= 4 is 0 Å². The average molecular weight is 189 g/mol. The van der Waals surface area contributed by atoms with E-state index in [2.05, 4.69) is 11.8 Å². The molecular weight excluding hydrogens is 172 g/mol. The maximum atomic E-state index is 12.5. The van der Waals surface area contributed by atoms with Crippen LogP contribution in [0.4, 0.5) is 8.78 Å². The third kappa shape index (κ3) is 1.37. The van der Waals surface area contributed by atoms with E-state index in [4.69, 9.17) is 0 Å². The summed E-state index contributed by atoms with van der Waals surface area (Å²) < 4.78 is 25.1. The smallest absolute Gasteiger partial charge is 0.242 e. The summed E-state index contributed by atoms with van der Waals surface area (Å²) in [5, 5.41) is 0. The van der Waals surface area contributed by atoms with Crippen molar-refractivity contribution in [3.63, 3.8) is 0 Å². The van der Waals surface area contributed by atoms with Gasteiger partial charge < -0.3 is 0 Å². The molecule has 13 heavy (non-hydrogen) atoms. The van der Waals surface area contributed by atoms with Gasteiger partial charge in [0.1, 0.15) is 0 Å². The highest BCUT2D eigenvalue weighted by Crippen LogP contribution is 2.45. The quantitative estimate of drug-likeness (QED) is 0.645. The Morgan fingerprint density at radius 2 is 2.31 bits per heavy atom. The zero-order valence-corrected chi connectivity index (χ0v) is 8.10. The topological polar surface area (TPSA) is 3.24 Å². The second kappa shape index (κ2) is 3.19. The van der Waals surface area contributed by atoms with Gasteiger partial charge in [-0.05, 0) is 32.2 Å². The highest BCUT2D eigenvalue weighted by atomic mass is 19.3. The van der Waals surface area contributed by atoms with Gasteiger partial charge in [0.25, 0.3) is 0 Å². The molecule has 0 amide bonds. The van der Waals surface area contributed by atoms with Crippen molar-refractivity contribution in [2.24, 2.45) is 5.92 Å². The molecule has 2 rings (SSSR count). The number of nitrogens with zero attached hydrogens (tertiary/aromatic N) is 1. The Kier molecular flexibility index (Phi) is 2.30. The van der Waals surface area contributed by atoms with Crippen LogP contribution in [0.1, 0.15) is 32.6 Å². The van der Waals surface area contributed by atoms with Crippen LogP contribution < -0.4 is 0 Å². The third-order valence-corrected chi connectivity index (χ3v) is 3.85. The first-order chi connectivity index (χ1) is 6.18. The summed E-state index contributed by atoms with van der Waals surface area (Å²) in [4.78, 5) is 2.30. The normalized spacial score (nSPS) is 40.2. The van der Waals surface area contributed by atoms with Gasteiger partial charge in [0, 0.05) is 18.0 Å². The second-order valence-electron chi connectivity index (χ2n) is 4.43. The molecule has 2 fully saturated rings. The zero-order chi connectivity index (χ0) is 9.47. The molecule has 0 N–H and O–H groups in total. The molecule has 2 saturated heterocycles. The summed E-state index contributed by atoms with van der Waals surface area (Å²) >= 11 is 0. The van der Waals surface area contributed by atoms with E-state index in [0.717, 1.165) is 25.8 Å². The molecule has 76 valence electrons. The Bertz CT molecular complexity index is 195. The van der Waals surface area contributed by atoms with Crippen LogP contribution in [0.15, 0.2) is 0 Å². The Hall–Kier alpha value is -0.180. The summed E-state index contributed by atoms with van der Waals surface area (Å²) in [6.45, 7) is 3.80.